The number of nitrogens with one attached hydrogen (secondary N) is 1. The highest BCUT2D eigenvalue weighted by molar-refractivity contribution is 9.10. The van der Waals surface area contributed by atoms with E-state index in [1.807, 2.05) is 0 Å². The molecule has 1 rings (SSSR count). The summed E-state index contributed by atoms with van der Waals surface area (Å²) in [6.45, 7) is 7.94. The fourth-order valence-corrected chi connectivity index (χ4v) is 2.42. The molecule has 0 amide bonds. The van der Waals surface area contributed by atoms with E-state index in [9.17, 15) is 0 Å². The zero-order valence-electron chi connectivity index (χ0n) is 11.9. The maximum absolute atomic E-state index is 3.66. The second kappa shape index (κ2) is 8.71. The summed E-state index contributed by atoms with van der Waals surface area (Å²) >= 11 is 3.48. The van der Waals surface area contributed by atoms with Gasteiger partial charge >= 0.3 is 0 Å². The molecule has 0 spiro atoms. The predicted molar refractivity (Wildman–Crippen MR) is 83.9 cm³/mol. The molecular weight excluding hydrogens is 286 g/mol. The number of rotatable bonds is 8. The van der Waals surface area contributed by atoms with Gasteiger partial charge in [0.15, 0.2) is 0 Å². The Labute approximate surface area is 120 Å². The molecule has 0 radical (unpaired) electrons. The van der Waals surface area contributed by atoms with Gasteiger partial charge in [-0.25, -0.2) is 0 Å². The average Bonchev–Trinajstić information content (AvgIpc) is 2.39. The average molecular weight is 312 g/mol. The highest BCUT2D eigenvalue weighted by Gasteiger charge is 2.09. The molecule has 2 heteroatoms. The first-order chi connectivity index (χ1) is 8.67. The molecule has 1 unspecified atom stereocenters. The molecule has 0 saturated heterocycles. The van der Waals surface area contributed by atoms with Crippen molar-refractivity contribution in [3.63, 3.8) is 0 Å². The van der Waals surface area contributed by atoms with E-state index in [1.54, 1.807) is 0 Å². The van der Waals surface area contributed by atoms with Crippen LogP contribution >= 0.6 is 15.9 Å². The van der Waals surface area contributed by atoms with Crippen LogP contribution in [0.5, 0.6) is 0 Å². The molecule has 1 N–H and O–H groups in total. The molecule has 1 nitrogen and oxygen atoms in total. The molecule has 1 aromatic rings. The first-order valence-electron chi connectivity index (χ1n) is 7.16. The monoisotopic (exact) mass is 311 g/mol. The quantitative estimate of drug-likeness (QED) is 0.685. The van der Waals surface area contributed by atoms with Crippen LogP contribution < -0.4 is 5.32 Å². The van der Waals surface area contributed by atoms with E-state index in [-0.39, 0.29) is 0 Å². The maximum atomic E-state index is 3.66. The first kappa shape index (κ1) is 15.7. The van der Waals surface area contributed by atoms with E-state index >= 15 is 0 Å². The Balaban J connectivity index is 2.39. The SMILES string of the molecule is CCCCC(CC)CN[C@@H](C)c1ccc(Br)cc1. The van der Waals surface area contributed by atoms with Gasteiger partial charge in [-0.1, -0.05) is 61.2 Å². The smallest absolute Gasteiger partial charge is 0.0291 e. The van der Waals surface area contributed by atoms with Crippen LogP contribution in [0.3, 0.4) is 0 Å². The van der Waals surface area contributed by atoms with Crippen LogP contribution in [0.1, 0.15) is 58.1 Å². The number of hydrogen-bond donors (Lipinski definition) is 1. The van der Waals surface area contributed by atoms with Gasteiger partial charge < -0.3 is 5.32 Å². The van der Waals surface area contributed by atoms with Gasteiger partial charge in [-0.3, -0.25) is 0 Å². The van der Waals surface area contributed by atoms with Crippen molar-refractivity contribution in [1.82, 2.24) is 5.32 Å². The molecule has 0 heterocycles. The molecule has 1 aromatic carbocycles. The molecule has 0 aliphatic heterocycles. The lowest BCUT2D eigenvalue weighted by atomic mass is 9.98. The Morgan fingerprint density at radius 3 is 2.39 bits per heavy atom. The fraction of sp³-hybridized carbons (Fsp3) is 0.625. The van der Waals surface area contributed by atoms with E-state index in [0.29, 0.717) is 6.04 Å². The third-order valence-electron chi connectivity index (χ3n) is 3.63. The van der Waals surface area contributed by atoms with Crippen LogP contribution in [0.25, 0.3) is 0 Å². The van der Waals surface area contributed by atoms with Gasteiger partial charge in [0.1, 0.15) is 0 Å². The van der Waals surface area contributed by atoms with E-state index in [4.69, 9.17) is 0 Å². The molecule has 0 fully saturated rings. The van der Waals surface area contributed by atoms with Crippen molar-refractivity contribution in [3.8, 4) is 0 Å². The van der Waals surface area contributed by atoms with Gasteiger partial charge in [0.05, 0.1) is 0 Å². The van der Waals surface area contributed by atoms with Crippen LogP contribution in [-0.2, 0) is 0 Å². The van der Waals surface area contributed by atoms with Gasteiger partial charge in [0.2, 0.25) is 0 Å². The van der Waals surface area contributed by atoms with Gasteiger partial charge in [0, 0.05) is 10.5 Å². The molecule has 0 bridgehead atoms. The highest BCUT2D eigenvalue weighted by Crippen LogP contribution is 2.18. The summed E-state index contributed by atoms with van der Waals surface area (Å²) in [4.78, 5) is 0. The predicted octanol–water partition coefficient (Wildman–Crippen LogP) is 5.32. The Morgan fingerprint density at radius 1 is 1.17 bits per heavy atom. The van der Waals surface area contributed by atoms with Gasteiger partial charge in [0.25, 0.3) is 0 Å². The van der Waals surface area contributed by atoms with Gasteiger partial charge in [-0.2, -0.15) is 0 Å². The molecule has 0 saturated carbocycles. The van der Waals surface area contributed by atoms with Crippen molar-refractivity contribution in [1.29, 1.82) is 0 Å². The summed E-state index contributed by atoms with van der Waals surface area (Å²) in [5, 5.41) is 3.66. The second-order valence-electron chi connectivity index (χ2n) is 5.10. The Kier molecular flexibility index (Phi) is 7.60. The topological polar surface area (TPSA) is 12.0 Å². The van der Waals surface area contributed by atoms with Gasteiger partial charge in [-0.05, 0) is 43.5 Å². The largest absolute Gasteiger partial charge is 0.310 e. The lowest BCUT2D eigenvalue weighted by Gasteiger charge is -2.20. The summed E-state index contributed by atoms with van der Waals surface area (Å²) in [6, 6.07) is 9.04. The molecule has 0 aliphatic carbocycles. The zero-order chi connectivity index (χ0) is 13.4. The number of halogens is 1. The molecule has 0 aliphatic rings. The maximum Gasteiger partial charge on any atom is 0.0291 e. The van der Waals surface area contributed by atoms with Crippen LogP contribution in [0, 0.1) is 5.92 Å². The molecule has 18 heavy (non-hydrogen) atoms. The van der Waals surface area contributed by atoms with E-state index in [2.05, 4.69) is 66.3 Å². The van der Waals surface area contributed by atoms with Crippen LogP contribution in [0.15, 0.2) is 28.7 Å². The molecule has 0 aromatic heterocycles. The first-order valence-corrected chi connectivity index (χ1v) is 7.95. The van der Waals surface area contributed by atoms with E-state index in [0.717, 1.165) is 16.9 Å². The lowest BCUT2D eigenvalue weighted by Crippen LogP contribution is -2.25. The third-order valence-corrected chi connectivity index (χ3v) is 4.15. The van der Waals surface area contributed by atoms with Crippen LogP contribution in [-0.4, -0.2) is 6.54 Å². The summed E-state index contributed by atoms with van der Waals surface area (Å²) in [5.41, 5.74) is 1.36. The molecular formula is C16H26BrN. The normalized spacial score (nSPS) is 14.4. The Hall–Kier alpha value is -0.340. The van der Waals surface area contributed by atoms with E-state index in [1.165, 1.54) is 31.2 Å². The lowest BCUT2D eigenvalue weighted by molar-refractivity contribution is 0.398. The third kappa shape index (κ3) is 5.53. The van der Waals surface area contributed by atoms with Crippen molar-refractivity contribution in [2.45, 2.75) is 52.5 Å². The minimum atomic E-state index is 0.439. The van der Waals surface area contributed by atoms with Crippen molar-refractivity contribution < 1.29 is 0 Å². The molecule has 2 atom stereocenters. The standard InChI is InChI=1S/C16H26BrN/c1-4-6-7-14(5-2)12-18-13(3)15-8-10-16(17)11-9-15/h8-11,13-14,18H,4-7,12H2,1-3H3/t13-,14?/m0/s1. The number of benzene rings is 1. The van der Waals surface area contributed by atoms with Crippen molar-refractivity contribution >= 4 is 15.9 Å². The summed E-state index contributed by atoms with van der Waals surface area (Å²) in [5.74, 6) is 0.822. The van der Waals surface area contributed by atoms with Crippen molar-refractivity contribution in [2.24, 2.45) is 5.92 Å². The van der Waals surface area contributed by atoms with Crippen LogP contribution in [0.2, 0.25) is 0 Å². The zero-order valence-corrected chi connectivity index (χ0v) is 13.5. The minimum Gasteiger partial charge on any atom is -0.310 e. The Bertz CT molecular complexity index is 320. The van der Waals surface area contributed by atoms with Crippen molar-refractivity contribution in [3.05, 3.63) is 34.3 Å². The molecule has 102 valence electrons. The van der Waals surface area contributed by atoms with Crippen molar-refractivity contribution in [2.75, 3.05) is 6.54 Å². The summed E-state index contributed by atoms with van der Waals surface area (Å²) < 4.78 is 1.15. The highest BCUT2D eigenvalue weighted by atomic mass is 79.9. The minimum absolute atomic E-state index is 0.439. The van der Waals surface area contributed by atoms with E-state index < -0.39 is 0 Å². The fourth-order valence-electron chi connectivity index (χ4n) is 2.16. The van der Waals surface area contributed by atoms with Gasteiger partial charge in [-0.15, -0.1) is 0 Å². The number of hydrogen-bond acceptors (Lipinski definition) is 1. The summed E-state index contributed by atoms with van der Waals surface area (Å²) in [7, 11) is 0. The van der Waals surface area contributed by atoms with Crippen LogP contribution in [0.4, 0.5) is 0 Å². The summed E-state index contributed by atoms with van der Waals surface area (Å²) in [6.07, 6.45) is 5.29. The number of unbranched alkanes of at least 4 members (excludes halogenated alkanes) is 1. The Morgan fingerprint density at radius 2 is 1.83 bits per heavy atom. The second-order valence-corrected chi connectivity index (χ2v) is 6.01.